The highest BCUT2D eigenvalue weighted by Crippen LogP contribution is 2.26. The third kappa shape index (κ3) is 4.15. The molecule has 0 aromatic heterocycles. The molecule has 0 aliphatic carbocycles. The molecule has 0 radical (unpaired) electrons. The average molecular weight is 289 g/mol. The third-order valence-corrected chi connectivity index (χ3v) is 5.86. The molecule has 0 aromatic carbocycles. The van der Waals surface area contributed by atoms with Crippen LogP contribution in [0.1, 0.15) is 46.5 Å². The topological polar surface area (TPSA) is 61.4 Å². The molecule has 112 valence electrons. The van der Waals surface area contributed by atoms with E-state index in [-0.39, 0.29) is 0 Å². The first kappa shape index (κ1) is 15.2. The van der Waals surface area contributed by atoms with Gasteiger partial charge in [0.25, 0.3) is 10.2 Å². The highest BCUT2D eigenvalue weighted by Gasteiger charge is 2.34. The molecule has 2 N–H and O–H groups in total. The summed E-state index contributed by atoms with van der Waals surface area (Å²) in [5.74, 6) is 0.642. The van der Waals surface area contributed by atoms with E-state index in [0.717, 1.165) is 19.4 Å². The summed E-state index contributed by atoms with van der Waals surface area (Å²) in [5.41, 5.74) is -0.414. The van der Waals surface area contributed by atoms with Crippen molar-refractivity contribution in [2.45, 2.75) is 58.0 Å². The van der Waals surface area contributed by atoms with Gasteiger partial charge in [0.2, 0.25) is 0 Å². The molecule has 6 heteroatoms. The number of hydrogen-bond donors (Lipinski definition) is 2. The maximum Gasteiger partial charge on any atom is 0.279 e. The Morgan fingerprint density at radius 3 is 2.26 bits per heavy atom. The Hall–Kier alpha value is -0.170. The zero-order valence-corrected chi connectivity index (χ0v) is 13.1. The Bertz CT molecular complexity index is 389. The molecule has 0 spiro atoms. The van der Waals surface area contributed by atoms with Gasteiger partial charge in [-0.3, -0.25) is 0 Å². The summed E-state index contributed by atoms with van der Waals surface area (Å²) < 4.78 is 28.8. The van der Waals surface area contributed by atoms with Gasteiger partial charge in [-0.2, -0.15) is 17.4 Å². The average Bonchev–Trinajstić information content (AvgIpc) is 2.79. The van der Waals surface area contributed by atoms with E-state index >= 15 is 0 Å². The van der Waals surface area contributed by atoms with E-state index in [2.05, 4.69) is 10.0 Å². The minimum absolute atomic E-state index is 0.414. The maximum absolute atomic E-state index is 12.2. The lowest BCUT2D eigenvalue weighted by Gasteiger charge is -2.35. The molecule has 0 aromatic rings. The fourth-order valence-electron chi connectivity index (χ4n) is 3.08. The van der Waals surface area contributed by atoms with Crippen molar-refractivity contribution in [3.8, 4) is 0 Å². The smallest absolute Gasteiger partial charge is 0.279 e. The van der Waals surface area contributed by atoms with Crippen LogP contribution >= 0.6 is 0 Å². The summed E-state index contributed by atoms with van der Waals surface area (Å²) >= 11 is 0. The fraction of sp³-hybridized carbons (Fsp3) is 1.00. The zero-order valence-electron chi connectivity index (χ0n) is 12.3. The van der Waals surface area contributed by atoms with Crippen LogP contribution in [-0.4, -0.2) is 43.9 Å². The quantitative estimate of drug-likeness (QED) is 0.817. The third-order valence-electron chi connectivity index (χ3n) is 3.94. The standard InChI is InChI=1S/C13H27N3O2S/c1-13(2,3)15-19(17,18)16-9-6-11(7-10-16)12-5-4-8-14-12/h11-12,14-15H,4-10H2,1-3H3. The second-order valence-corrected chi connectivity index (χ2v) is 8.47. The van der Waals surface area contributed by atoms with Crippen LogP contribution in [0, 0.1) is 5.92 Å². The molecule has 2 heterocycles. The molecule has 0 amide bonds. The van der Waals surface area contributed by atoms with Gasteiger partial charge >= 0.3 is 0 Å². The molecular weight excluding hydrogens is 262 g/mol. The summed E-state index contributed by atoms with van der Waals surface area (Å²) in [4.78, 5) is 0. The van der Waals surface area contributed by atoms with Gasteiger partial charge in [0.05, 0.1) is 0 Å². The highest BCUT2D eigenvalue weighted by molar-refractivity contribution is 7.87. The molecule has 2 aliphatic heterocycles. The van der Waals surface area contributed by atoms with Gasteiger partial charge in [-0.05, 0) is 58.9 Å². The lowest BCUT2D eigenvalue weighted by atomic mass is 9.89. The lowest BCUT2D eigenvalue weighted by Crippen LogP contribution is -2.52. The van der Waals surface area contributed by atoms with Crippen molar-refractivity contribution in [3.05, 3.63) is 0 Å². The fourth-order valence-corrected chi connectivity index (χ4v) is 4.68. The van der Waals surface area contributed by atoms with Crippen molar-refractivity contribution in [2.75, 3.05) is 19.6 Å². The van der Waals surface area contributed by atoms with Crippen LogP contribution in [0.15, 0.2) is 0 Å². The first-order valence-corrected chi connectivity index (χ1v) is 8.74. The molecular formula is C13H27N3O2S. The SMILES string of the molecule is CC(C)(C)NS(=O)(=O)N1CCC(C2CCCN2)CC1. The summed E-state index contributed by atoms with van der Waals surface area (Å²) in [7, 11) is -3.33. The van der Waals surface area contributed by atoms with Crippen LogP contribution in [-0.2, 0) is 10.2 Å². The van der Waals surface area contributed by atoms with Gasteiger partial charge in [0.1, 0.15) is 0 Å². The maximum atomic E-state index is 12.2. The summed E-state index contributed by atoms with van der Waals surface area (Å²) in [6.45, 7) is 8.04. The predicted molar refractivity (Wildman–Crippen MR) is 77.1 cm³/mol. The van der Waals surface area contributed by atoms with Crippen LogP contribution in [0.4, 0.5) is 0 Å². The van der Waals surface area contributed by atoms with Crippen LogP contribution < -0.4 is 10.0 Å². The van der Waals surface area contributed by atoms with Gasteiger partial charge in [-0.15, -0.1) is 0 Å². The Balaban J connectivity index is 1.88. The lowest BCUT2D eigenvalue weighted by molar-refractivity contribution is 0.230. The number of hydrogen-bond acceptors (Lipinski definition) is 3. The van der Waals surface area contributed by atoms with E-state index in [1.807, 2.05) is 20.8 Å². The normalized spacial score (nSPS) is 27.8. The van der Waals surface area contributed by atoms with Crippen LogP contribution in [0.25, 0.3) is 0 Å². The van der Waals surface area contributed by atoms with Gasteiger partial charge in [0, 0.05) is 24.7 Å². The molecule has 0 saturated carbocycles. The number of nitrogens with zero attached hydrogens (tertiary/aromatic N) is 1. The Morgan fingerprint density at radius 2 is 1.79 bits per heavy atom. The second kappa shape index (κ2) is 5.68. The second-order valence-electron chi connectivity index (χ2n) is 6.80. The zero-order chi connectivity index (χ0) is 14.1. The van der Waals surface area contributed by atoms with E-state index in [9.17, 15) is 8.42 Å². The van der Waals surface area contributed by atoms with E-state index < -0.39 is 15.7 Å². The van der Waals surface area contributed by atoms with Crippen molar-refractivity contribution in [1.82, 2.24) is 14.3 Å². The molecule has 2 fully saturated rings. The first-order valence-electron chi connectivity index (χ1n) is 7.30. The molecule has 1 unspecified atom stereocenters. The number of piperidine rings is 1. The van der Waals surface area contributed by atoms with Gasteiger partial charge in [-0.1, -0.05) is 0 Å². The van der Waals surface area contributed by atoms with Crippen molar-refractivity contribution in [3.63, 3.8) is 0 Å². The Kier molecular flexibility index (Phi) is 4.55. The van der Waals surface area contributed by atoms with E-state index in [0.29, 0.717) is 25.0 Å². The Morgan fingerprint density at radius 1 is 1.16 bits per heavy atom. The van der Waals surface area contributed by atoms with Crippen LogP contribution in [0.5, 0.6) is 0 Å². The van der Waals surface area contributed by atoms with Gasteiger partial charge in [0.15, 0.2) is 0 Å². The highest BCUT2D eigenvalue weighted by atomic mass is 32.2. The number of nitrogens with one attached hydrogen (secondary N) is 2. The van der Waals surface area contributed by atoms with Gasteiger partial charge < -0.3 is 5.32 Å². The van der Waals surface area contributed by atoms with E-state index in [4.69, 9.17) is 0 Å². The van der Waals surface area contributed by atoms with Crippen LogP contribution in [0.3, 0.4) is 0 Å². The summed E-state index contributed by atoms with van der Waals surface area (Å²) in [6, 6.07) is 0.612. The minimum Gasteiger partial charge on any atom is -0.314 e. The molecule has 2 rings (SSSR count). The summed E-state index contributed by atoms with van der Waals surface area (Å²) in [6.07, 6.45) is 4.46. The molecule has 2 aliphatic rings. The van der Waals surface area contributed by atoms with Crippen LogP contribution in [0.2, 0.25) is 0 Å². The number of rotatable bonds is 3. The molecule has 19 heavy (non-hydrogen) atoms. The molecule has 0 bridgehead atoms. The molecule has 5 nitrogen and oxygen atoms in total. The van der Waals surface area contributed by atoms with E-state index in [1.165, 1.54) is 12.8 Å². The largest absolute Gasteiger partial charge is 0.314 e. The van der Waals surface area contributed by atoms with Crippen molar-refractivity contribution in [1.29, 1.82) is 0 Å². The Labute approximate surface area is 117 Å². The minimum atomic E-state index is -3.33. The molecule has 1 atom stereocenters. The van der Waals surface area contributed by atoms with Crippen molar-refractivity contribution >= 4 is 10.2 Å². The van der Waals surface area contributed by atoms with Crippen molar-refractivity contribution < 1.29 is 8.42 Å². The van der Waals surface area contributed by atoms with Gasteiger partial charge in [-0.25, -0.2) is 0 Å². The summed E-state index contributed by atoms with van der Waals surface area (Å²) in [5, 5.41) is 3.53. The van der Waals surface area contributed by atoms with Crippen molar-refractivity contribution in [2.24, 2.45) is 5.92 Å². The monoisotopic (exact) mass is 289 g/mol. The predicted octanol–water partition coefficient (Wildman–Crippen LogP) is 1.08. The van der Waals surface area contributed by atoms with E-state index in [1.54, 1.807) is 4.31 Å². The first-order chi connectivity index (χ1) is 8.78. The molecule has 2 saturated heterocycles.